The van der Waals surface area contributed by atoms with Crippen molar-refractivity contribution < 1.29 is 14.6 Å². The second-order valence-electron chi connectivity index (χ2n) is 5.29. The number of carbonyl (C=O) groups is 1. The number of phenols is 1. The van der Waals surface area contributed by atoms with Gasteiger partial charge in [0.15, 0.2) is 0 Å². The van der Waals surface area contributed by atoms with Crippen molar-refractivity contribution in [1.29, 1.82) is 0 Å². The summed E-state index contributed by atoms with van der Waals surface area (Å²) in [5, 5.41) is 12.0. The molecule has 4 N–H and O–H groups in total. The zero-order valence-corrected chi connectivity index (χ0v) is 11.5. The number of rotatable bonds is 8. The Morgan fingerprint density at radius 1 is 1.40 bits per heavy atom. The average Bonchev–Trinajstić information content (AvgIpc) is 3.25. The summed E-state index contributed by atoms with van der Waals surface area (Å²) in [5.74, 6) is 0.773. The number of nitrogens with two attached hydrogens (primary N) is 1. The number of ether oxygens (including phenoxy) is 1. The van der Waals surface area contributed by atoms with E-state index in [1.54, 1.807) is 24.3 Å². The maximum absolute atomic E-state index is 11.8. The van der Waals surface area contributed by atoms with Gasteiger partial charge in [0.25, 0.3) is 0 Å². The highest BCUT2D eigenvalue weighted by Gasteiger charge is 2.21. The van der Waals surface area contributed by atoms with Crippen LogP contribution in [0, 0.1) is 5.92 Å². The molecule has 0 unspecified atom stereocenters. The van der Waals surface area contributed by atoms with Gasteiger partial charge in [0.2, 0.25) is 5.91 Å². The van der Waals surface area contributed by atoms with Gasteiger partial charge in [-0.25, -0.2) is 0 Å². The molecule has 1 amide bonds. The van der Waals surface area contributed by atoms with E-state index >= 15 is 0 Å². The lowest BCUT2D eigenvalue weighted by atomic mass is 10.1. The summed E-state index contributed by atoms with van der Waals surface area (Å²) in [4.78, 5) is 11.8. The lowest BCUT2D eigenvalue weighted by Crippen LogP contribution is -2.43. The third-order valence-electron chi connectivity index (χ3n) is 3.32. The minimum absolute atomic E-state index is 0.173. The number of hydrogen-bond donors (Lipinski definition) is 3. The molecule has 0 aromatic heterocycles. The van der Waals surface area contributed by atoms with Crippen LogP contribution in [0.4, 0.5) is 0 Å². The molecule has 1 fully saturated rings. The summed E-state index contributed by atoms with van der Waals surface area (Å²) in [7, 11) is 0. The van der Waals surface area contributed by atoms with Gasteiger partial charge in [0.05, 0.1) is 12.6 Å². The minimum atomic E-state index is -0.581. The van der Waals surface area contributed by atoms with Gasteiger partial charge in [-0.1, -0.05) is 12.1 Å². The van der Waals surface area contributed by atoms with E-state index in [9.17, 15) is 9.90 Å². The molecule has 1 aliphatic carbocycles. The number of phenolic OH excluding ortho intramolecular Hbond substituents is 1. The van der Waals surface area contributed by atoms with Crippen LogP contribution in [0.3, 0.4) is 0 Å². The third-order valence-corrected chi connectivity index (χ3v) is 3.32. The SMILES string of the molecule is N[C@H](Cc1ccc(O)cc1)C(=O)NCCOCC1CC1. The zero-order chi connectivity index (χ0) is 14.4. The highest BCUT2D eigenvalue weighted by atomic mass is 16.5. The molecule has 1 atom stereocenters. The van der Waals surface area contributed by atoms with Crippen LogP contribution in [0.5, 0.6) is 5.75 Å². The van der Waals surface area contributed by atoms with Crippen molar-refractivity contribution in [2.45, 2.75) is 25.3 Å². The van der Waals surface area contributed by atoms with Gasteiger partial charge in [-0.3, -0.25) is 4.79 Å². The Balaban J connectivity index is 1.61. The predicted molar refractivity (Wildman–Crippen MR) is 76.3 cm³/mol. The molecule has 0 spiro atoms. The molecule has 110 valence electrons. The van der Waals surface area contributed by atoms with Gasteiger partial charge in [-0.05, 0) is 42.9 Å². The maximum Gasteiger partial charge on any atom is 0.237 e. The van der Waals surface area contributed by atoms with Crippen molar-refractivity contribution in [1.82, 2.24) is 5.32 Å². The van der Waals surface area contributed by atoms with Crippen LogP contribution in [0.1, 0.15) is 18.4 Å². The standard InChI is InChI=1S/C15H22N2O3/c16-14(9-11-3-5-13(18)6-4-11)15(19)17-7-8-20-10-12-1-2-12/h3-6,12,14,18H,1-2,7-10,16H2,(H,17,19)/t14-/m1/s1. The van der Waals surface area contributed by atoms with Crippen molar-refractivity contribution >= 4 is 5.91 Å². The summed E-state index contributed by atoms with van der Waals surface area (Å²) in [6.45, 7) is 1.83. The van der Waals surface area contributed by atoms with Gasteiger partial charge < -0.3 is 20.9 Å². The predicted octanol–water partition coefficient (Wildman–Crippen LogP) is 0.805. The first kappa shape index (κ1) is 14.8. The van der Waals surface area contributed by atoms with Gasteiger partial charge in [-0.2, -0.15) is 0 Å². The van der Waals surface area contributed by atoms with E-state index in [1.165, 1.54) is 12.8 Å². The highest BCUT2D eigenvalue weighted by molar-refractivity contribution is 5.81. The number of aromatic hydroxyl groups is 1. The Labute approximate surface area is 119 Å². The first-order valence-electron chi connectivity index (χ1n) is 7.04. The van der Waals surface area contributed by atoms with Gasteiger partial charge in [-0.15, -0.1) is 0 Å². The van der Waals surface area contributed by atoms with Gasteiger partial charge in [0, 0.05) is 13.2 Å². The topological polar surface area (TPSA) is 84.6 Å². The van der Waals surface area contributed by atoms with Crippen LogP contribution in [-0.4, -0.2) is 36.8 Å². The van der Waals surface area contributed by atoms with E-state index in [4.69, 9.17) is 10.5 Å². The number of benzene rings is 1. The number of carbonyl (C=O) groups excluding carboxylic acids is 1. The van der Waals surface area contributed by atoms with E-state index in [0.29, 0.717) is 19.6 Å². The Morgan fingerprint density at radius 3 is 2.75 bits per heavy atom. The fourth-order valence-electron chi connectivity index (χ4n) is 1.89. The molecular formula is C15H22N2O3. The first-order chi connectivity index (χ1) is 9.65. The molecule has 1 saturated carbocycles. The molecule has 0 saturated heterocycles. The van der Waals surface area contributed by atoms with E-state index in [0.717, 1.165) is 18.1 Å². The normalized spacial score (nSPS) is 15.8. The quantitative estimate of drug-likeness (QED) is 0.614. The Hall–Kier alpha value is -1.59. The third kappa shape index (κ3) is 5.19. The lowest BCUT2D eigenvalue weighted by molar-refractivity contribution is -0.122. The van der Waals surface area contributed by atoms with Crippen molar-refractivity contribution in [2.75, 3.05) is 19.8 Å². The summed E-state index contributed by atoms with van der Waals surface area (Å²) in [6.07, 6.45) is 2.99. The maximum atomic E-state index is 11.8. The Kier molecular flexibility index (Phi) is 5.38. The van der Waals surface area contributed by atoms with E-state index in [2.05, 4.69) is 5.32 Å². The van der Waals surface area contributed by atoms with Crippen LogP contribution in [0.2, 0.25) is 0 Å². The van der Waals surface area contributed by atoms with E-state index < -0.39 is 6.04 Å². The van der Waals surface area contributed by atoms with Gasteiger partial charge in [0.1, 0.15) is 5.75 Å². The Bertz CT molecular complexity index is 429. The highest BCUT2D eigenvalue weighted by Crippen LogP contribution is 2.28. The molecule has 5 nitrogen and oxygen atoms in total. The molecule has 1 aromatic carbocycles. The zero-order valence-electron chi connectivity index (χ0n) is 11.5. The van der Waals surface area contributed by atoms with Crippen LogP contribution in [0.25, 0.3) is 0 Å². The Morgan fingerprint density at radius 2 is 2.10 bits per heavy atom. The number of amides is 1. The van der Waals surface area contributed by atoms with Crippen molar-refractivity contribution in [3.8, 4) is 5.75 Å². The summed E-state index contributed by atoms with van der Waals surface area (Å²) in [6, 6.07) is 6.13. The van der Waals surface area contributed by atoms with Crippen molar-refractivity contribution in [3.63, 3.8) is 0 Å². The fourth-order valence-corrected chi connectivity index (χ4v) is 1.89. The molecule has 2 rings (SSSR count). The smallest absolute Gasteiger partial charge is 0.237 e. The molecule has 1 aromatic rings. The number of hydrogen-bond acceptors (Lipinski definition) is 4. The van der Waals surface area contributed by atoms with E-state index in [1.807, 2.05) is 0 Å². The minimum Gasteiger partial charge on any atom is -0.508 e. The molecule has 0 bridgehead atoms. The molecule has 0 aliphatic heterocycles. The second-order valence-corrected chi connectivity index (χ2v) is 5.29. The lowest BCUT2D eigenvalue weighted by Gasteiger charge is -2.12. The van der Waals surface area contributed by atoms with E-state index in [-0.39, 0.29) is 11.7 Å². The number of nitrogens with one attached hydrogen (secondary N) is 1. The monoisotopic (exact) mass is 278 g/mol. The van der Waals surface area contributed by atoms with Crippen molar-refractivity contribution in [3.05, 3.63) is 29.8 Å². The second kappa shape index (κ2) is 7.26. The molecule has 0 heterocycles. The summed E-state index contributed by atoms with van der Waals surface area (Å²) in [5.41, 5.74) is 6.77. The van der Waals surface area contributed by atoms with Crippen LogP contribution in [0.15, 0.2) is 24.3 Å². The van der Waals surface area contributed by atoms with Gasteiger partial charge >= 0.3 is 0 Å². The van der Waals surface area contributed by atoms with Crippen LogP contribution >= 0.6 is 0 Å². The van der Waals surface area contributed by atoms with Crippen molar-refractivity contribution in [2.24, 2.45) is 11.7 Å². The summed E-state index contributed by atoms with van der Waals surface area (Å²) < 4.78 is 5.44. The average molecular weight is 278 g/mol. The summed E-state index contributed by atoms with van der Waals surface area (Å²) >= 11 is 0. The van der Waals surface area contributed by atoms with Crippen LogP contribution < -0.4 is 11.1 Å². The van der Waals surface area contributed by atoms with Crippen LogP contribution in [-0.2, 0) is 16.0 Å². The molecule has 5 heteroatoms. The molecule has 0 radical (unpaired) electrons. The largest absolute Gasteiger partial charge is 0.508 e. The molecule has 20 heavy (non-hydrogen) atoms. The molecule has 1 aliphatic rings. The molecular weight excluding hydrogens is 256 g/mol. The first-order valence-corrected chi connectivity index (χ1v) is 7.04. The fraction of sp³-hybridized carbons (Fsp3) is 0.533.